The summed E-state index contributed by atoms with van der Waals surface area (Å²) in [5, 5.41) is 3.08. The SMILES string of the molecule is COc1ccc(C(=O)[C@@H]2[C@H](C(=O)c3ccccc3)[C@]3(C(=O)Nc4ccccc43)[C@@H]3C=C(C)c4ccccc4N23)cc1. The van der Waals surface area contributed by atoms with Crippen molar-refractivity contribution in [1.82, 2.24) is 0 Å². The molecule has 6 heteroatoms. The van der Waals surface area contributed by atoms with Crippen LogP contribution in [0.15, 0.2) is 109 Å². The summed E-state index contributed by atoms with van der Waals surface area (Å²) in [5.74, 6) is -1.09. The van der Waals surface area contributed by atoms with Crippen LogP contribution in [0.3, 0.4) is 0 Å². The third kappa shape index (κ3) is 3.46. The third-order valence-electron chi connectivity index (χ3n) is 8.87. The Morgan fingerprint density at radius 3 is 2.22 bits per heavy atom. The number of hydrogen-bond acceptors (Lipinski definition) is 5. The number of allylic oxidation sites excluding steroid dienone is 1. The van der Waals surface area contributed by atoms with Gasteiger partial charge in [0.1, 0.15) is 17.2 Å². The number of para-hydroxylation sites is 2. The lowest BCUT2D eigenvalue weighted by Gasteiger charge is -2.39. The highest BCUT2D eigenvalue weighted by Crippen LogP contribution is 2.58. The van der Waals surface area contributed by atoms with E-state index in [9.17, 15) is 14.4 Å². The van der Waals surface area contributed by atoms with Crippen molar-refractivity contribution in [2.24, 2.45) is 5.92 Å². The lowest BCUT2D eigenvalue weighted by molar-refractivity contribution is -0.121. The number of ketones is 2. The van der Waals surface area contributed by atoms with Crippen molar-refractivity contribution < 1.29 is 19.1 Å². The number of hydrogen-bond donors (Lipinski definition) is 1. The van der Waals surface area contributed by atoms with E-state index in [4.69, 9.17) is 4.74 Å². The van der Waals surface area contributed by atoms with Gasteiger partial charge in [0, 0.05) is 28.1 Å². The highest BCUT2D eigenvalue weighted by molar-refractivity contribution is 6.18. The Hall–Kier alpha value is -4.97. The molecule has 0 aromatic heterocycles. The van der Waals surface area contributed by atoms with Gasteiger partial charge in [-0.3, -0.25) is 14.4 Å². The summed E-state index contributed by atoms with van der Waals surface area (Å²) in [6.07, 6.45) is 2.07. The summed E-state index contributed by atoms with van der Waals surface area (Å²) in [5.41, 5.74) is 3.82. The maximum Gasteiger partial charge on any atom is 0.238 e. The molecule has 3 aliphatic rings. The molecule has 202 valence electrons. The molecule has 4 aromatic carbocycles. The Morgan fingerprint density at radius 2 is 1.46 bits per heavy atom. The van der Waals surface area contributed by atoms with Crippen molar-refractivity contribution in [2.45, 2.75) is 24.4 Å². The second-order valence-electron chi connectivity index (χ2n) is 10.8. The molecule has 3 aliphatic heterocycles. The molecule has 4 aromatic rings. The molecule has 3 heterocycles. The van der Waals surface area contributed by atoms with E-state index in [0.717, 1.165) is 22.4 Å². The molecule has 7 rings (SSSR count). The Bertz CT molecular complexity index is 1740. The van der Waals surface area contributed by atoms with Gasteiger partial charge >= 0.3 is 0 Å². The molecule has 0 radical (unpaired) electrons. The number of ether oxygens (including phenoxy) is 1. The zero-order valence-electron chi connectivity index (χ0n) is 22.7. The number of rotatable bonds is 5. The molecular formula is C35H28N2O4. The number of anilines is 2. The van der Waals surface area contributed by atoms with E-state index in [2.05, 4.69) is 11.4 Å². The van der Waals surface area contributed by atoms with Crippen molar-refractivity contribution in [3.05, 3.63) is 131 Å². The minimum absolute atomic E-state index is 0.219. The Labute approximate surface area is 238 Å². The highest BCUT2D eigenvalue weighted by Gasteiger charge is 2.70. The van der Waals surface area contributed by atoms with Crippen LogP contribution in [0.4, 0.5) is 11.4 Å². The van der Waals surface area contributed by atoms with E-state index < -0.39 is 23.4 Å². The van der Waals surface area contributed by atoms with Gasteiger partial charge in [0.15, 0.2) is 11.6 Å². The fourth-order valence-electron chi connectivity index (χ4n) is 7.10. The standard InChI is InChI=1S/C35H28N2O4/c1-21-20-29-35(26-13-7-8-14-27(26)36-34(35)40)30(32(38)22-10-4-3-5-11-22)31(37(29)28-15-9-6-12-25(21)28)33(39)23-16-18-24(41-2)19-17-23/h3-20,29-31H,1-2H3,(H,36,40)/t29-,30+,31-,35+/m0/s1. The van der Waals surface area contributed by atoms with Gasteiger partial charge in [0.2, 0.25) is 5.91 Å². The number of Topliss-reactive ketones (excluding diaryl/α,β-unsaturated/α-hetero) is 2. The molecule has 1 saturated heterocycles. The smallest absolute Gasteiger partial charge is 0.238 e. The van der Waals surface area contributed by atoms with Crippen LogP contribution in [-0.4, -0.2) is 36.7 Å². The predicted molar refractivity (Wildman–Crippen MR) is 158 cm³/mol. The predicted octanol–water partition coefficient (Wildman–Crippen LogP) is 5.94. The van der Waals surface area contributed by atoms with Crippen LogP contribution in [0.5, 0.6) is 5.75 Å². The van der Waals surface area contributed by atoms with Crippen LogP contribution >= 0.6 is 0 Å². The third-order valence-corrected chi connectivity index (χ3v) is 8.87. The monoisotopic (exact) mass is 540 g/mol. The van der Waals surface area contributed by atoms with Crippen LogP contribution in [-0.2, 0) is 10.2 Å². The number of carbonyl (C=O) groups excluding carboxylic acids is 3. The summed E-state index contributed by atoms with van der Waals surface area (Å²) in [4.78, 5) is 45.9. The van der Waals surface area contributed by atoms with Gasteiger partial charge in [-0.2, -0.15) is 0 Å². The molecular weight excluding hydrogens is 512 g/mol. The number of amides is 1. The minimum atomic E-state index is -1.33. The van der Waals surface area contributed by atoms with Crippen molar-refractivity contribution in [1.29, 1.82) is 0 Å². The number of fused-ring (bicyclic) bond motifs is 6. The number of carbonyl (C=O) groups is 3. The molecule has 1 spiro atoms. The number of nitrogens with one attached hydrogen (secondary N) is 1. The summed E-state index contributed by atoms with van der Waals surface area (Å²) >= 11 is 0. The number of benzene rings is 4. The van der Waals surface area contributed by atoms with Gasteiger partial charge in [-0.25, -0.2) is 0 Å². The minimum Gasteiger partial charge on any atom is -0.497 e. The van der Waals surface area contributed by atoms with Gasteiger partial charge in [-0.1, -0.05) is 72.8 Å². The number of nitrogens with zero attached hydrogens (tertiary/aromatic N) is 1. The first kappa shape index (κ1) is 25.0. The fourth-order valence-corrected chi connectivity index (χ4v) is 7.10. The van der Waals surface area contributed by atoms with Crippen LogP contribution in [0, 0.1) is 5.92 Å². The van der Waals surface area contributed by atoms with Gasteiger partial charge in [0.05, 0.1) is 19.1 Å². The molecule has 1 N–H and O–H groups in total. The van der Waals surface area contributed by atoms with E-state index in [0.29, 0.717) is 22.6 Å². The molecule has 0 aliphatic carbocycles. The maximum absolute atomic E-state index is 14.7. The normalized spacial score (nSPS) is 23.8. The second kappa shape index (κ2) is 9.30. The first-order valence-electron chi connectivity index (χ1n) is 13.7. The van der Waals surface area contributed by atoms with Crippen LogP contribution in [0.2, 0.25) is 0 Å². The largest absolute Gasteiger partial charge is 0.497 e. The average Bonchev–Trinajstić information content (AvgIpc) is 3.49. The van der Waals surface area contributed by atoms with Crippen molar-refractivity contribution in [3.8, 4) is 5.75 Å². The van der Waals surface area contributed by atoms with Crippen LogP contribution < -0.4 is 15.0 Å². The van der Waals surface area contributed by atoms with E-state index in [-0.39, 0.29) is 17.5 Å². The molecule has 0 unspecified atom stereocenters. The number of methoxy groups -OCH3 is 1. The molecule has 0 saturated carbocycles. The molecule has 4 atom stereocenters. The zero-order valence-corrected chi connectivity index (χ0v) is 22.7. The van der Waals surface area contributed by atoms with E-state index in [1.54, 1.807) is 43.5 Å². The van der Waals surface area contributed by atoms with Gasteiger partial charge in [-0.05, 0) is 54.5 Å². The lowest BCUT2D eigenvalue weighted by atomic mass is 9.64. The second-order valence-corrected chi connectivity index (χ2v) is 10.8. The van der Waals surface area contributed by atoms with Crippen LogP contribution in [0.25, 0.3) is 5.57 Å². The van der Waals surface area contributed by atoms with E-state index in [1.165, 1.54) is 0 Å². The Balaban J connectivity index is 1.54. The zero-order chi connectivity index (χ0) is 28.3. The summed E-state index contributed by atoms with van der Waals surface area (Å²) in [7, 11) is 1.58. The van der Waals surface area contributed by atoms with Crippen molar-refractivity contribution in [3.63, 3.8) is 0 Å². The lowest BCUT2D eigenvalue weighted by Crippen LogP contribution is -2.51. The van der Waals surface area contributed by atoms with Gasteiger partial charge in [0.25, 0.3) is 0 Å². The van der Waals surface area contributed by atoms with E-state index >= 15 is 0 Å². The summed E-state index contributed by atoms with van der Waals surface area (Å²) < 4.78 is 5.33. The van der Waals surface area contributed by atoms with E-state index in [1.807, 2.05) is 78.6 Å². The molecule has 6 nitrogen and oxygen atoms in total. The summed E-state index contributed by atoms with van der Waals surface area (Å²) in [6.45, 7) is 2.02. The Morgan fingerprint density at radius 1 is 0.805 bits per heavy atom. The molecule has 1 amide bonds. The summed E-state index contributed by atoms with van der Waals surface area (Å²) in [6, 6.07) is 29.9. The maximum atomic E-state index is 14.7. The highest BCUT2D eigenvalue weighted by atomic mass is 16.5. The topological polar surface area (TPSA) is 75.7 Å². The van der Waals surface area contributed by atoms with Gasteiger partial charge in [-0.15, -0.1) is 0 Å². The first-order chi connectivity index (χ1) is 20.0. The van der Waals surface area contributed by atoms with Crippen molar-refractivity contribution in [2.75, 3.05) is 17.3 Å². The molecule has 1 fully saturated rings. The van der Waals surface area contributed by atoms with Gasteiger partial charge < -0.3 is 15.0 Å². The van der Waals surface area contributed by atoms with Crippen LogP contribution in [0.1, 0.15) is 38.8 Å². The fraction of sp³-hybridized carbons (Fsp3) is 0.171. The molecule has 0 bridgehead atoms. The quantitative estimate of drug-likeness (QED) is 0.317. The average molecular weight is 541 g/mol. The Kier molecular flexibility index (Phi) is 5.68. The van der Waals surface area contributed by atoms with Crippen molar-refractivity contribution >= 4 is 34.4 Å². The first-order valence-corrected chi connectivity index (χ1v) is 13.7. The molecule has 41 heavy (non-hydrogen) atoms.